The Balaban J connectivity index is 1.70. The van der Waals surface area contributed by atoms with Gasteiger partial charge in [0.05, 0.1) is 12.1 Å². The quantitative estimate of drug-likeness (QED) is 0.927. The van der Waals surface area contributed by atoms with Crippen molar-refractivity contribution in [3.63, 3.8) is 0 Å². The van der Waals surface area contributed by atoms with Gasteiger partial charge in [0, 0.05) is 13.6 Å². The van der Waals surface area contributed by atoms with Gasteiger partial charge in [-0.1, -0.05) is 6.07 Å². The molecule has 0 unspecified atom stereocenters. The molecule has 0 spiro atoms. The van der Waals surface area contributed by atoms with Crippen molar-refractivity contribution < 1.29 is 18.7 Å². The number of hydrogen-bond donors (Lipinski definition) is 1. The molecule has 1 amide bonds. The van der Waals surface area contributed by atoms with Gasteiger partial charge in [-0.15, -0.1) is 0 Å². The molecule has 0 saturated heterocycles. The van der Waals surface area contributed by atoms with E-state index in [0.29, 0.717) is 23.6 Å². The third kappa shape index (κ3) is 2.71. The van der Waals surface area contributed by atoms with Crippen molar-refractivity contribution in [3.05, 3.63) is 47.4 Å². The Morgan fingerprint density at radius 3 is 2.86 bits per heavy atom. The average molecular weight is 288 g/mol. The lowest BCUT2D eigenvalue weighted by atomic mass is 10.2. The zero-order chi connectivity index (χ0) is 14.8. The van der Waals surface area contributed by atoms with Gasteiger partial charge in [-0.05, 0) is 23.8 Å². The summed E-state index contributed by atoms with van der Waals surface area (Å²) in [4.78, 5) is 13.9. The molecule has 1 aromatic carbocycles. The number of furan rings is 1. The van der Waals surface area contributed by atoms with E-state index in [-0.39, 0.29) is 19.2 Å². The van der Waals surface area contributed by atoms with E-state index < -0.39 is 0 Å². The number of ether oxygens (including phenoxy) is 2. The standard InChI is InChI=1S/C15H16N2O4/c1-17(15(18)11-5-12(6-16)19-8-11)7-10-2-3-13-14(4-10)21-9-20-13/h2-5,8H,6-7,9,16H2,1H3. The molecule has 21 heavy (non-hydrogen) atoms. The second kappa shape index (κ2) is 5.49. The first-order valence-corrected chi connectivity index (χ1v) is 6.59. The summed E-state index contributed by atoms with van der Waals surface area (Å²) in [6.45, 7) is 0.988. The lowest BCUT2D eigenvalue weighted by Crippen LogP contribution is -2.25. The minimum absolute atomic E-state index is 0.115. The Morgan fingerprint density at radius 2 is 2.10 bits per heavy atom. The Kier molecular flexibility index (Phi) is 3.53. The van der Waals surface area contributed by atoms with Crippen LogP contribution in [-0.4, -0.2) is 24.6 Å². The van der Waals surface area contributed by atoms with Crippen molar-refractivity contribution >= 4 is 5.91 Å². The summed E-state index contributed by atoms with van der Waals surface area (Å²) >= 11 is 0. The van der Waals surface area contributed by atoms with Crippen LogP contribution in [0, 0.1) is 0 Å². The summed E-state index contributed by atoms with van der Waals surface area (Å²) in [6.07, 6.45) is 1.43. The van der Waals surface area contributed by atoms with Gasteiger partial charge in [0.15, 0.2) is 11.5 Å². The number of nitrogens with zero attached hydrogens (tertiary/aromatic N) is 1. The lowest BCUT2D eigenvalue weighted by molar-refractivity contribution is 0.0784. The van der Waals surface area contributed by atoms with Gasteiger partial charge in [0.1, 0.15) is 12.0 Å². The zero-order valence-electron chi connectivity index (χ0n) is 11.7. The highest BCUT2D eigenvalue weighted by Gasteiger charge is 2.17. The molecule has 0 aliphatic carbocycles. The first-order valence-electron chi connectivity index (χ1n) is 6.59. The van der Waals surface area contributed by atoms with Crippen LogP contribution in [0.1, 0.15) is 21.7 Å². The molecule has 6 nitrogen and oxygen atoms in total. The van der Waals surface area contributed by atoms with Crippen molar-refractivity contribution in [2.45, 2.75) is 13.1 Å². The van der Waals surface area contributed by atoms with E-state index in [9.17, 15) is 4.79 Å². The normalized spacial score (nSPS) is 12.5. The zero-order valence-corrected chi connectivity index (χ0v) is 11.7. The van der Waals surface area contributed by atoms with E-state index in [4.69, 9.17) is 19.6 Å². The molecule has 2 heterocycles. The first kappa shape index (κ1) is 13.5. The fraction of sp³-hybridized carbons (Fsp3) is 0.267. The summed E-state index contributed by atoms with van der Waals surface area (Å²) in [5.41, 5.74) is 6.94. The van der Waals surface area contributed by atoms with Crippen LogP contribution in [0.5, 0.6) is 11.5 Å². The maximum Gasteiger partial charge on any atom is 0.257 e. The molecule has 110 valence electrons. The molecule has 1 aliphatic rings. The Morgan fingerprint density at radius 1 is 1.29 bits per heavy atom. The van der Waals surface area contributed by atoms with Gasteiger partial charge in [-0.3, -0.25) is 4.79 Å². The van der Waals surface area contributed by atoms with Crippen molar-refractivity contribution in [1.29, 1.82) is 0 Å². The van der Waals surface area contributed by atoms with E-state index in [1.807, 2.05) is 18.2 Å². The molecular formula is C15H16N2O4. The number of fused-ring (bicyclic) bond motifs is 1. The van der Waals surface area contributed by atoms with Crippen molar-refractivity contribution in [3.8, 4) is 11.5 Å². The average Bonchev–Trinajstić information content (AvgIpc) is 3.14. The number of nitrogens with two attached hydrogens (primary N) is 1. The van der Waals surface area contributed by atoms with Crippen molar-refractivity contribution in [1.82, 2.24) is 4.90 Å². The van der Waals surface area contributed by atoms with E-state index in [0.717, 1.165) is 11.3 Å². The second-order valence-electron chi connectivity index (χ2n) is 4.85. The minimum Gasteiger partial charge on any atom is -0.467 e. The first-order chi connectivity index (χ1) is 10.2. The molecule has 0 fully saturated rings. The van der Waals surface area contributed by atoms with Crippen molar-refractivity contribution in [2.24, 2.45) is 5.73 Å². The van der Waals surface area contributed by atoms with Crippen LogP contribution in [-0.2, 0) is 13.1 Å². The van der Waals surface area contributed by atoms with E-state index >= 15 is 0 Å². The third-order valence-corrected chi connectivity index (χ3v) is 3.31. The maximum absolute atomic E-state index is 12.3. The molecule has 0 radical (unpaired) electrons. The fourth-order valence-electron chi connectivity index (χ4n) is 2.21. The van der Waals surface area contributed by atoms with Gasteiger partial charge in [0.25, 0.3) is 5.91 Å². The van der Waals surface area contributed by atoms with E-state index in [2.05, 4.69) is 0 Å². The summed E-state index contributed by atoms with van der Waals surface area (Å²) < 4.78 is 15.8. The molecule has 0 atom stereocenters. The highest BCUT2D eigenvalue weighted by Crippen LogP contribution is 2.32. The van der Waals surface area contributed by atoms with Crippen LogP contribution in [0.4, 0.5) is 0 Å². The van der Waals surface area contributed by atoms with Gasteiger partial charge in [-0.25, -0.2) is 0 Å². The van der Waals surface area contributed by atoms with Crippen LogP contribution >= 0.6 is 0 Å². The van der Waals surface area contributed by atoms with Crippen LogP contribution in [0.15, 0.2) is 34.9 Å². The Hall–Kier alpha value is -2.47. The molecule has 1 aliphatic heterocycles. The smallest absolute Gasteiger partial charge is 0.257 e. The molecule has 3 rings (SSSR count). The number of rotatable bonds is 4. The summed E-state index contributed by atoms with van der Waals surface area (Å²) in [5, 5.41) is 0. The van der Waals surface area contributed by atoms with Gasteiger partial charge < -0.3 is 24.5 Å². The fourth-order valence-corrected chi connectivity index (χ4v) is 2.21. The molecule has 2 N–H and O–H groups in total. The molecule has 6 heteroatoms. The largest absolute Gasteiger partial charge is 0.467 e. The van der Waals surface area contributed by atoms with Crippen LogP contribution in [0.25, 0.3) is 0 Å². The summed E-state index contributed by atoms with van der Waals surface area (Å²) in [5.74, 6) is 1.92. The van der Waals surface area contributed by atoms with E-state index in [1.165, 1.54) is 6.26 Å². The van der Waals surface area contributed by atoms with Crippen LogP contribution in [0.3, 0.4) is 0 Å². The molecular weight excluding hydrogens is 272 g/mol. The molecule has 0 bridgehead atoms. The number of carbonyl (C=O) groups excluding carboxylic acids is 1. The molecule has 2 aromatic rings. The minimum atomic E-state index is -0.115. The van der Waals surface area contributed by atoms with Gasteiger partial charge in [-0.2, -0.15) is 0 Å². The predicted octanol–water partition coefficient (Wildman–Crippen LogP) is 1.74. The second-order valence-corrected chi connectivity index (χ2v) is 4.85. The Labute approximate surface area is 122 Å². The highest BCUT2D eigenvalue weighted by atomic mass is 16.7. The third-order valence-electron chi connectivity index (χ3n) is 3.31. The van der Waals surface area contributed by atoms with Crippen LogP contribution < -0.4 is 15.2 Å². The monoisotopic (exact) mass is 288 g/mol. The number of benzene rings is 1. The molecule has 0 saturated carbocycles. The SMILES string of the molecule is CN(Cc1ccc2c(c1)OCO2)C(=O)c1coc(CN)c1. The van der Waals surface area contributed by atoms with E-state index in [1.54, 1.807) is 18.0 Å². The predicted molar refractivity (Wildman–Crippen MR) is 75.0 cm³/mol. The lowest BCUT2D eigenvalue weighted by Gasteiger charge is -2.16. The van der Waals surface area contributed by atoms with Crippen LogP contribution in [0.2, 0.25) is 0 Å². The summed E-state index contributed by atoms with van der Waals surface area (Å²) in [6, 6.07) is 7.31. The molecule has 1 aromatic heterocycles. The van der Waals surface area contributed by atoms with Crippen molar-refractivity contribution in [2.75, 3.05) is 13.8 Å². The maximum atomic E-state index is 12.3. The van der Waals surface area contributed by atoms with Gasteiger partial charge >= 0.3 is 0 Å². The Bertz CT molecular complexity index is 665. The number of carbonyl (C=O) groups is 1. The summed E-state index contributed by atoms with van der Waals surface area (Å²) in [7, 11) is 1.74. The number of hydrogen-bond acceptors (Lipinski definition) is 5. The van der Waals surface area contributed by atoms with Gasteiger partial charge in [0.2, 0.25) is 6.79 Å². The number of amides is 1. The highest BCUT2D eigenvalue weighted by molar-refractivity contribution is 5.93. The topological polar surface area (TPSA) is 77.9 Å².